The summed E-state index contributed by atoms with van der Waals surface area (Å²) in [5.41, 5.74) is 1.94. The van der Waals surface area contributed by atoms with Crippen LogP contribution < -0.4 is 21.1 Å². The molecule has 0 aliphatic rings. The van der Waals surface area contributed by atoms with Gasteiger partial charge in [-0.3, -0.25) is 14.5 Å². The topological polar surface area (TPSA) is 128 Å². The molecule has 0 saturated heterocycles. The number of hydrogen-bond donors (Lipinski definition) is 4. The van der Waals surface area contributed by atoms with Crippen LogP contribution >= 0.6 is 11.6 Å². The number of alkyl halides is 1. The van der Waals surface area contributed by atoms with E-state index in [1.165, 1.54) is 10.7 Å². The number of para-hydroxylation sites is 1. The fourth-order valence-electron chi connectivity index (χ4n) is 3.36. The minimum absolute atomic E-state index is 0.0536. The number of H-pyrrole nitrogens is 1. The Morgan fingerprint density at radius 2 is 2.06 bits per heavy atom. The van der Waals surface area contributed by atoms with Crippen LogP contribution in [0.5, 0.6) is 0 Å². The number of halogens is 1. The number of carbonyl (C=O) groups excluding carboxylic acids is 1. The molecule has 170 valence electrons. The summed E-state index contributed by atoms with van der Waals surface area (Å²) >= 11 is 5.79. The minimum Gasteiger partial charge on any atom is -0.394 e. The van der Waals surface area contributed by atoms with Gasteiger partial charge >= 0.3 is 0 Å². The number of fused-ring (bicyclic) bond motifs is 1. The predicted molar refractivity (Wildman–Crippen MR) is 127 cm³/mol. The molecule has 3 heterocycles. The first-order valence-corrected chi connectivity index (χ1v) is 10.7. The number of nitrogens with zero attached hydrogens (tertiary/aromatic N) is 4. The van der Waals surface area contributed by atoms with Gasteiger partial charge < -0.3 is 20.7 Å². The molecule has 1 unspecified atom stereocenters. The lowest BCUT2D eigenvalue weighted by atomic mass is 10.2. The number of hydrogen-bond acceptors (Lipinski definition) is 7. The van der Waals surface area contributed by atoms with Gasteiger partial charge in [0.2, 0.25) is 0 Å². The third kappa shape index (κ3) is 4.38. The first-order valence-electron chi connectivity index (χ1n) is 10.1. The third-order valence-electron chi connectivity index (χ3n) is 4.98. The number of aliphatic hydroxyl groups is 1. The van der Waals surface area contributed by atoms with E-state index >= 15 is 0 Å². The fraction of sp³-hybridized carbons (Fsp3) is 0.182. The second-order valence-corrected chi connectivity index (χ2v) is 7.42. The van der Waals surface area contributed by atoms with Crippen molar-refractivity contribution in [3.63, 3.8) is 0 Å². The molecule has 3 aromatic heterocycles. The minimum atomic E-state index is -0.611. The van der Waals surface area contributed by atoms with E-state index < -0.39 is 11.9 Å². The largest absolute Gasteiger partial charge is 0.394 e. The lowest BCUT2D eigenvalue weighted by molar-refractivity contribution is 0.0916. The molecule has 1 atom stereocenters. The number of anilines is 4. The summed E-state index contributed by atoms with van der Waals surface area (Å²) in [7, 11) is 1.73. The van der Waals surface area contributed by atoms with E-state index in [4.69, 9.17) is 11.6 Å². The van der Waals surface area contributed by atoms with Gasteiger partial charge in [0, 0.05) is 30.9 Å². The van der Waals surface area contributed by atoms with E-state index in [1.807, 2.05) is 30.3 Å². The van der Waals surface area contributed by atoms with Crippen LogP contribution in [0.4, 0.5) is 22.9 Å². The molecule has 0 fully saturated rings. The second kappa shape index (κ2) is 9.72. The maximum Gasteiger partial charge on any atom is 0.272 e. The van der Waals surface area contributed by atoms with Gasteiger partial charge in [-0.15, -0.1) is 16.7 Å². The first kappa shape index (κ1) is 22.3. The van der Waals surface area contributed by atoms with Crippen molar-refractivity contribution in [1.29, 1.82) is 0 Å². The molecule has 4 N–H and O–H groups in total. The molecule has 1 aromatic carbocycles. The Morgan fingerprint density at radius 3 is 2.73 bits per heavy atom. The molecule has 0 spiro atoms. The van der Waals surface area contributed by atoms with Gasteiger partial charge in [-0.2, -0.15) is 0 Å². The van der Waals surface area contributed by atoms with Crippen molar-refractivity contribution in [2.24, 2.45) is 0 Å². The SMILES string of the molecule is CNc1cc(N(c2ccccc2)c2ccc[nH]c2=O)nn2c(C(=O)NC(CO)CCl)cnc12. The van der Waals surface area contributed by atoms with Crippen LogP contribution in [-0.4, -0.2) is 56.2 Å². The normalized spacial score (nSPS) is 11.8. The number of rotatable bonds is 8. The van der Waals surface area contributed by atoms with Gasteiger partial charge in [0.25, 0.3) is 11.5 Å². The number of pyridine rings is 1. The highest BCUT2D eigenvalue weighted by Gasteiger charge is 2.22. The van der Waals surface area contributed by atoms with Crippen LogP contribution in [0.1, 0.15) is 10.5 Å². The summed E-state index contributed by atoms with van der Waals surface area (Å²) in [6.45, 7) is -0.301. The van der Waals surface area contributed by atoms with Crippen LogP contribution in [0.3, 0.4) is 0 Å². The highest BCUT2D eigenvalue weighted by molar-refractivity contribution is 6.18. The molecule has 33 heavy (non-hydrogen) atoms. The zero-order valence-corrected chi connectivity index (χ0v) is 18.5. The molecule has 0 radical (unpaired) electrons. The summed E-state index contributed by atoms with van der Waals surface area (Å²) in [4.78, 5) is 34.2. The average molecular weight is 468 g/mol. The molecule has 0 saturated carbocycles. The zero-order valence-electron chi connectivity index (χ0n) is 17.7. The molecular formula is C22H22ClN7O3. The lowest BCUT2D eigenvalue weighted by Crippen LogP contribution is -2.39. The van der Waals surface area contributed by atoms with Crippen molar-refractivity contribution >= 4 is 46.0 Å². The standard InChI is InChI=1S/C22H22ClN7O3/c1-24-16-10-19(28-30-18(12-26-20(16)30)22(33)27-14(11-23)13-31)29(15-6-3-2-4-7-15)17-8-5-9-25-21(17)32/h2-10,12,14,24,31H,11,13H2,1H3,(H,25,32)(H,27,33). The lowest BCUT2D eigenvalue weighted by Gasteiger charge is -2.24. The van der Waals surface area contributed by atoms with E-state index in [2.05, 4.69) is 25.7 Å². The van der Waals surface area contributed by atoms with Crippen molar-refractivity contribution in [2.45, 2.75) is 6.04 Å². The van der Waals surface area contributed by atoms with Crippen molar-refractivity contribution in [1.82, 2.24) is 24.9 Å². The number of aromatic nitrogens is 4. The Labute approximate surface area is 193 Å². The Hall–Kier alpha value is -3.89. The first-order chi connectivity index (χ1) is 16.1. The maximum atomic E-state index is 12.9. The van der Waals surface area contributed by atoms with E-state index in [1.54, 1.807) is 36.3 Å². The summed E-state index contributed by atoms with van der Waals surface area (Å²) in [6.07, 6.45) is 2.95. The number of nitrogens with one attached hydrogen (secondary N) is 3. The summed E-state index contributed by atoms with van der Waals surface area (Å²) in [5, 5.41) is 19.8. The molecule has 0 aliphatic carbocycles. The van der Waals surface area contributed by atoms with Crippen molar-refractivity contribution in [2.75, 3.05) is 29.8 Å². The Balaban J connectivity index is 1.90. The smallest absolute Gasteiger partial charge is 0.272 e. The monoisotopic (exact) mass is 467 g/mol. The molecule has 4 rings (SSSR count). The van der Waals surface area contributed by atoms with Gasteiger partial charge in [0.15, 0.2) is 17.2 Å². The van der Waals surface area contributed by atoms with Crippen LogP contribution in [0.15, 0.2) is 65.7 Å². The van der Waals surface area contributed by atoms with Crippen molar-refractivity contribution < 1.29 is 9.90 Å². The predicted octanol–water partition coefficient (Wildman–Crippen LogP) is 2.26. The molecule has 11 heteroatoms. The van der Waals surface area contributed by atoms with E-state index in [-0.39, 0.29) is 23.7 Å². The van der Waals surface area contributed by atoms with Gasteiger partial charge in [-0.25, -0.2) is 9.50 Å². The molecule has 0 bridgehead atoms. The van der Waals surface area contributed by atoms with E-state index in [0.717, 1.165) is 0 Å². The van der Waals surface area contributed by atoms with Gasteiger partial charge in [0.05, 0.1) is 24.5 Å². The quantitative estimate of drug-likeness (QED) is 0.293. The molecule has 10 nitrogen and oxygen atoms in total. The van der Waals surface area contributed by atoms with Crippen molar-refractivity contribution in [3.05, 3.63) is 77.0 Å². The van der Waals surface area contributed by atoms with Crippen LogP contribution in [0.2, 0.25) is 0 Å². The molecule has 0 aliphatic heterocycles. The summed E-state index contributed by atoms with van der Waals surface area (Å²) in [5.74, 6) is -0.0478. The summed E-state index contributed by atoms with van der Waals surface area (Å²) in [6, 6.07) is 13.8. The number of benzene rings is 1. The zero-order chi connectivity index (χ0) is 23.4. The number of aliphatic hydroxyl groups excluding tert-OH is 1. The van der Waals surface area contributed by atoms with Gasteiger partial charge in [0.1, 0.15) is 5.69 Å². The van der Waals surface area contributed by atoms with Gasteiger partial charge in [-0.1, -0.05) is 18.2 Å². The fourth-order valence-corrected chi connectivity index (χ4v) is 3.53. The number of carbonyl (C=O) groups is 1. The van der Waals surface area contributed by atoms with Crippen LogP contribution in [0.25, 0.3) is 5.65 Å². The Bertz CT molecular complexity index is 1320. The Morgan fingerprint density at radius 1 is 1.27 bits per heavy atom. The van der Waals surface area contributed by atoms with Crippen LogP contribution in [-0.2, 0) is 0 Å². The van der Waals surface area contributed by atoms with Crippen LogP contribution in [0, 0.1) is 0 Å². The highest BCUT2D eigenvalue weighted by Crippen LogP contribution is 2.33. The summed E-state index contributed by atoms with van der Waals surface area (Å²) < 4.78 is 1.40. The highest BCUT2D eigenvalue weighted by atomic mass is 35.5. The third-order valence-corrected chi connectivity index (χ3v) is 5.35. The maximum absolute atomic E-state index is 12.9. The number of aromatic amines is 1. The van der Waals surface area contributed by atoms with Gasteiger partial charge in [-0.05, 0) is 24.3 Å². The molecular weight excluding hydrogens is 446 g/mol. The Kier molecular flexibility index (Phi) is 6.57. The average Bonchev–Trinajstić information content (AvgIpc) is 3.28. The second-order valence-electron chi connectivity index (χ2n) is 7.11. The van der Waals surface area contributed by atoms with Crippen molar-refractivity contribution in [3.8, 4) is 0 Å². The van der Waals surface area contributed by atoms with E-state index in [0.29, 0.717) is 28.5 Å². The molecule has 1 amide bonds. The number of imidazole rings is 1. The van der Waals surface area contributed by atoms with E-state index in [9.17, 15) is 14.7 Å². The molecule has 4 aromatic rings. The number of amides is 1.